The minimum atomic E-state index is -0.341. The Morgan fingerprint density at radius 2 is 2.17 bits per heavy atom. The van der Waals surface area contributed by atoms with Crippen LogP contribution in [-0.2, 0) is 0 Å². The number of ether oxygens (including phenoxy) is 1. The average Bonchev–Trinajstić information content (AvgIpc) is 2.40. The van der Waals surface area contributed by atoms with Crippen molar-refractivity contribution in [2.75, 3.05) is 12.5 Å². The van der Waals surface area contributed by atoms with Crippen LogP contribution < -0.4 is 15.7 Å². The maximum Gasteiger partial charge on any atom is 0.271 e. The number of hydrogen-bond donors (Lipinski definition) is 2. The van der Waals surface area contributed by atoms with Gasteiger partial charge in [-0.3, -0.25) is 9.78 Å². The number of hydrogen-bond acceptors (Lipinski definition) is 6. The van der Waals surface area contributed by atoms with Gasteiger partial charge in [0.05, 0.1) is 13.3 Å². The molecule has 7 nitrogen and oxygen atoms in total. The van der Waals surface area contributed by atoms with E-state index in [0.717, 1.165) is 17.5 Å². The van der Waals surface area contributed by atoms with Crippen LogP contribution in [0.25, 0.3) is 0 Å². The molecule has 2 rings (SSSR count). The summed E-state index contributed by atoms with van der Waals surface area (Å²) >= 11 is 0. The number of aromatic amines is 1. The third-order valence-corrected chi connectivity index (χ3v) is 2.07. The van der Waals surface area contributed by atoms with Crippen LogP contribution in [-0.4, -0.2) is 28.5 Å². The highest BCUT2D eigenvalue weighted by Gasteiger charge is 1.93. The van der Waals surface area contributed by atoms with E-state index in [1.165, 1.54) is 0 Å². The van der Waals surface area contributed by atoms with Crippen molar-refractivity contribution in [1.82, 2.24) is 15.2 Å². The third-order valence-electron chi connectivity index (χ3n) is 2.07. The molecule has 0 radical (unpaired) electrons. The summed E-state index contributed by atoms with van der Waals surface area (Å²) < 4.78 is 5.04. The van der Waals surface area contributed by atoms with Crippen LogP contribution in [0, 0.1) is 0 Å². The van der Waals surface area contributed by atoms with Gasteiger partial charge in [-0.1, -0.05) is 0 Å². The summed E-state index contributed by atoms with van der Waals surface area (Å²) in [7, 11) is 1.61. The minimum Gasteiger partial charge on any atom is -0.497 e. The Morgan fingerprint density at radius 1 is 1.39 bits per heavy atom. The summed E-state index contributed by atoms with van der Waals surface area (Å²) in [5.74, 6) is 0.964. The standard InChI is InChI=1S/C11H11N5O2/c1-18-9-4-2-8(3-5-9)6-12-15-11-14-10(17)7-13-16-11/h2-7H,1H3,(H2,14,15,16,17)/b12-6+. The fraction of sp³-hybridized carbons (Fsp3) is 0.0909. The largest absolute Gasteiger partial charge is 0.497 e. The van der Waals surface area contributed by atoms with Gasteiger partial charge in [0.25, 0.3) is 5.56 Å². The lowest BCUT2D eigenvalue weighted by molar-refractivity contribution is 0.415. The molecule has 0 fully saturated rings. The molecule has 0 bridgehead atoms. The maximum atomic E-state index is 10.9. The van der Waals surface area contributed by atoms with E-state index in [1.807, 2.05) is 24.3 Å². The first kappa shape index (κ1) is 11.8. The molecular weight excluding hydrogens is 234 g/mol. The molecular formula is C11H11N5O2. The number of nitrogens with zero attached hydrogens (tertiary/aromatic N) is 3. The highest BCUT2D eigenvalue weighted by Crippen LogP contribution is 2.09. The molecule has 1 aromatic heterocycles. The van der Waals surface area contributed by atoms with E-state index in [1.54, 1.807) is 13.3 Å². The number of H-pyrrole nitrogens is 1. The van der Waals surface area contributed by atoms with Gasteiger partial charge in [-0.15, -0.1) is 10.2 Å². The molecule has 0 saturated carbocycles. The Bertz CT molecular complexity index is 591. The molecule has 1 heterocycles. The number of nitrogens with one attached hydrogen (secondary N) is 2. The van der Waals surface area contributed by atoms with Crippen LogP contribution >= 0.6 is 0 Å². The molecule has 2 aromatic rings. The number of rotatable bonds is 4. The summed E-state index contributed by atoms with van der Waals surface area (Å²) in [5, 5.41) is 11.1. The zero-order valence-electron chi connectivity index (χ0n) is 9.62. The van der Waals surface area contributed by atoms with Crippen LogP contribution in [0.2, 0.25) is 0 Å². The minimum absolute atomic E-state index is 0.187. The zero-order valence-corrected chi connectivity index (χ0v) is 9.62. The van der Waals surface area contributed by atoms with E-state index in [-0.39, 0.29) is 11.5 Å². The molecule has 2 N–H and O–H groups in total. The van der Waals surface area contributed by atoms with Crippen molar-refractivity contribution in [2.24, 2.45) is 5.10 Å². The van der Waals surface area contributed by atoms with Crippen molar-refractivity contribution in [1.29, 1.82) is 0 Å². The first-order chi connectivity index (χ1) is 8.78. The van der Waals surface area contributed by atoms with Crippen molar-refractivity contribution in [3.63, 3.8) is 0 Å². The Labute approximate surface area is 103 Å². The highest BCUT2D eigenvalue weighted by atomic mass is 16.5. The average molecular weight is 245 g/mol. The first-order valence-corrected chi connectivity index (χ1v) is 5.13. The summed E-state index contributed by atoms with van der Waals surface area (Å²) in [6, 6.07) is 7.35. The van der Waals surface area contributed by atoms with E-state index in [4.69, 9.17) is 4.74 Å². The first-order valence-electron chi connectivity index (χ1n) is 5.13. The van der Waals surface area contributed by atoms with Gasteiger partial charge in [0.2, 0.25) is 5.95 Å². The van der Waals surface area contributed by atoms with Crippen LogP contribution in [0.1, 0.15) is 5.56 Å². The predicted molar refractivity (Wildman–Crippen MR) is 66.9 cm³/mol. The number of anilines is 1. The van der Waals surface area contributed by atoms with E-state index >= 15 is 0 Å². The fourth-order valence-electron chi connectivity index (χ4n) is 1.22. The van der Waals surface area contributed by atoms with E-state index < -0.39 is 0 Å². The molecule has 0 aliphatic heterocycles. The van der Waals surface area contributed by atoms with Gasteiger partial charge in [0.15, 0.2) is 0 Å². The number of aromatic nitrogens is 3. The number of benzene rings is 1. The number of hydrazone groups is 1. The summed E-state index contributed by atoms with van der Waals surface area (Å²) in [6.07, 6.45) is 2.67. The van der Waals surface area contributed by atoms with Gasteiger partial charge >= 0.3 is 0 Å². The van der Waals surface area contributed by atoms with Gasteiger partial charge < -0.3 is 4.74 Å². The monoisotopic (exact) mass is 245 g/mol. The van der Waals surface area contributed by atoms with E-state index in [9.17, 15) is 4.79 Å². The van der Waals surface area contributed by atoms with Gasteiger partial charge in [-0.05, 0) is 29.8 Å². The molecule has 0 unspecified atom stereocenters. The van der Waals surface area contributed by atoms with Gasteiger partial charge in [-0.2, -0.15) is 5.10 Å². The lowest BCUT2D eigenvalue weighted by atomic mass is 10.2. The zero-order chi connectivity index (χ0) is 12.8. The topological polar surface area (TPSA) is 92.3 Å². The Hall–Kier alpha value is -2.70. The normalized spacial score (nSPS) is 10.5. The molecule has 7 heteroatoms. The molecule has 92 valence electrons. The SMILES string of the molecule is COc1ccc(/C=N/Nc2nncc(=O)[nH]2)cc1. The van der Waals surface area contributed by atoms with Crippen molar-refractivity contribution >= 4 is 12.2 Å². The smallest absolute Gasteiger partial charge is 0.271 e. The Kier molecular flexibility index (Phi) is 3.65. The second-order valence-electron chi connectivity index (χ2n) is 3.33. The van der Waals surface area contributed by atoms with Crippen molar-refractivity contribution in [2.45, 2.75) is 0 Å². The van der Waals surface area contributed by atoms with Crippen molar-refractivity contribution < 1.29 is 4.74 Å². The van der Waals surface area contributed by atoms with E-state index in [0.29, 0.717) is 0 Å². The highest BCUT2D eigenvalue weighted by molar-refractivity contribution is 5.80. The van der Waals surface area contributed by atoms with Crippen LogP contribution in [0.4, 0.5) is 5.95 Å². The van der Waals surface area contributed by atoms with Crippen molar-refractivity contribution in [3.8, 4) is 5.75 Å². The molecule has 1 aromatic carbocycles. The summed E-state index contributed by atoms with van der Waals surface area (Å²) in [4.78, 5) is 13.4. The van der Waals surface area contributed by atoms with Gasteiger partial charge in [-0.25, -0.2) is 5.43 Å². The maximum absolute atomic E-state index is 10.9. The molecule has 0 aliphatic carbocycles. The molecule has 0 amide bonds. The molecule has 0 atom stereocenters. The molecule has 0 saturated heterocycles. The van der Waals surface area contributed by atoms with Gasteiger partial charge in [0, 0.05) is 0 Å². The van der Waals surface area contributed by atoms with Crippen LogP contribution in [0.3, 0.4) is 0 Å². The van der Waals surface area contributed by atoms with Gasteiger partial charge in [0.1, 0.15) is 11.9 Å². The summed E-state index contributed by atoms with van der Waals surface area (Å²) in [6.45, 7) is 0. The second kappa shape index (κ2) is 5.58. The second-order valence-corrected chi connectivity index (χ2v) is 3.33. The Morgan fingerprint density at radius 3 is 2.83 bits per heavy atom. The number of methoxy groups -OCH3 is 1. The lowest BCUT2D eigenvalue weighted by Gasteiger charge is -1.99. The quantitative estimate of drug-likeness (QED) is 0.608. The van der Waals surface area contributed by atoms with E-state index in [2.05, 4.69) is 25.7 Å². The molecule has 0 aliphatic rings. The lowest BCUT2D eigenvalue weighted by Crippen LogP contribution is -2.10. The van der Waals surface area contributed by atoms with Crippen LogP contribution in [0.15, 0.2) is 40.4 Å². The van der Waals surface area contributed by atoms with Crippen molar-refractivity contribution in [3.05, 3.63) is 46.4 Å². The summed E-state index contributed by atoms with van der Waals surface area (Å²) in [5.41, 5.74) is 3.11. The molecule has 0 spiro atoms. The van der Waals surface area contributed by atoms with Crippen LogP contribution in [0.5, 0.6) is 5.75 Å². The third kappa shape index (κ3) is 3.14. The fourth-order valence-corrected chi connectivity index (χ4v) is 1.22. The Balaban J connectivity index is 2.00. The predicted octanol–water partition coefficient (Wildman–Crippen LogP) is 0.619. The molecule has 18 heavy (non-hydrogen) atoms.